The number of anilines is 2. The van der Waals surface area contributed by atoms with Gasteiger partial charge in [-0.15, -0.1) is 0 Å². The number of amides is 1. The highest BCUT2D eigenvalue weighted by Gasteiger charge is 2.18. The molecule has 0 bridgehead atoms. The van der Waals surface area contributed by atoms with E-state index < -0.39 is 16.6 Å². The first-order valence-corrected chi connectivity index (χ1v) is 7.51. The van der Waals surface area contributed by atoms with Gasteiger partial charge in [0.15, 0.2) is 5.75 Å². The monoisotopic (exact) mass is 367 g/mol. The quantitative estimate of drug-likeness (QED) is 0.599. The standard InChI is InChI=1S/C16H15ClFN3O4/c1-9-5-14(21(23)24)15(25-2)7-13(9)20-16(22)8-19-12-4-3-10(18)6-11(12)17/h3-7,19H,8H2,1-2H3,(H,20,22). The molecule has 1 amide bonds. The number of nitrogens with zero attached hydrogens (tertiary/aromatic N) is 1. The number of rotatable bonds is 6. The average molecular weight is 368 g/mol. The Morgan fingerprint density at radius 1 is 1.32 bits per heavy atom. The molecule has 0 radical (unpaired) electrons. The summed E-state index contributed by atoms with van der Waals surface area (Å²) in [7, 11) is 1.31. The van der Waals surface area contributed by atoms with Crippen LogP contribution in [0.25, 0.3) is 0 Å². The SMILES string of the molecule is COc1cc(NC(=O)CNc2ccc(F)cc2Cl)c(C)cc1[N+](=O)[O-]. The first-order valence-electron chi connectivity index (χ1n) is 7.13. The Morgan fingerprint density at radius 3 is 2.64 bits per heavy atom. The van der Waals surface area contributed by atoms with Gasteiger partial charge >= 0.3 is 5.69 Å². The summed E-state index contributed by atoms with van der Waals surface area (Å²) >= 11 is 5.87. The molecule has 7 nitrogen and oxygen atoms in total. The average Bonchev–Trinajstić information content (AvgIpc) is 2.55. The highest BCUT2D eigenvalue weighted by Crippen LogP contribution is 2.32. The van der Waals surface area contributed by atoms with E-state index in [-0.39, 0.29) is 23.0 Å². The van der Waals surface area contributed by atoms with Crippen LogP contribution in [-0.2, 0) is 4.79 Å². The topological polar surface area (TPSA) is 93.5 Å². The lowest BCUT2D eigenvalue weighted by molar-refractivity contribution is -0.385. The van der Waals surface area contributed by atoms with Gasteiger partial charge in [-0.3, -0.25) is 14.9 Å². The largest absolute Gasteiger partial charge is 0.490 e. The number of hydrogen-bond acceptors (Lipinski definition) is 5. The third-order valence-electron chi connectivity index (χ3n) is 3.37. The number of carbonyl (C=O) groups excluding carboxylic acids is 1. The second kappa shape index (κ2) is 7.80. The summed E-state index contributed by atoms with van der Waals surface area (Å²) in [5.41, 5.74) is 1.13. The fraction of sp³-hybridized carbons (Fsp3) is 0.188. The van der Waals surface area contributed by atoms with Crippen molar-refractivity contribution < 1.29 is 18.8 Å². The van der Waals surface area contributed by atoms with Crippen LogP contribution in [0.2, 0.25) is 5.02 Å². The van der Waals surface area contributed by atoms with E-state index in [9.17, 15) is 19.3 Å². The molecule has 25 heavy (non-hydrogen) atoms. The summed E-state index contributed by atoms with van der Waals surface area (Å²) in [6, 6.07) is 6.48. The second-order valence-corrected chi connectivity index (χ2v) is 5.53. The number of carbonyl (C=O) groups is 1. The highest BCUT2D eigenvalue weighted by atomic mass is 35.5. The molecule has 0 unspecified atom stereocenters. The van der Waals surface area contributed by atoms with Crippen molar-refractivity contribution in [2.45, 2.75) is 6.92 Å². The number of nitro benzene ring substituents is 1. The minimum atomic E-state index is -0.560. The Labute approximate surface area is 147 Å². The third kappa shape index (κ3) is 4.57. The molecule has 0 spiro atoms. The summed E-state index contributed by atoms with van der Waals surface area (Å²) < 4.78 is 18.0. The molecule has 0 heterocycles. The molecule has 0 saturated carbocycles. The van der Waals surface area contributed by atoms with Crippen molar-refractivity contribution in [3.63, 3.8) is 0 Å². The predicted molar refractivity (Wildman–Crippen MR) is 92.9 cm³/mol. The van der Waals surface area contributed by atoms with Crippen molar-refractivity contribution in [3.05, 3.63) is 56.8 Å². The van der Waals surface area contributed by atoms with Crippen molar-refractivity contribution in [2.75, 3.05) is 24.3 Å². The molecule has 0 aromatic heterocycles. The van der Waals surface area contributed by atoms with Crippen LogP contribution in [0.3, 0.4) is 0 Å². The van der Waals surface area contributed by atoms with E-state index in [1.54, 1.807) is 6.92 Å². The van der Waals surface area contributed by atoms with Crippen LogP contribution in [0.5, 0.6) is 5.75 Å². The zero-order valence-corrected chi connectivity index (χ0v) is 14.2. The number of ether oxygens (including phenoxy) is 1. The van der Waals surface area contributed by atoms with Crippen LogP contribution >= 0.6 is 11.6 Å². The van der Waals surface area contributed by atoms with Gasteiger partial charge in [0.25, 0.3) is 0 Å². The summed E-state index contributed by atoms with van der Waals surface area (Å²) in [6.07, 6.45) is 0. The van der Waals surface area contributed by atoms with E-state index in [4.69, 9.17) is 16.3 Å². The van der Waals surface area contributed by atoms with Gasteiger partial charge in [-0.2, -0.15) is 0 Å². The van der Waals surface area contributed by atoms with E-state index >= 15 is 0 Å². The van der Waals surface area contributed by atoms with Gasteiger partial charge in [0, 0.05) is 17.8 Å². The molecule has 0 aliphatic rings. The Hall–Kier alpha value is -2.87. The van der Waals surface area contributed by atoms with E-state index in [0.29, 0.717) is 16.9 Å². The maximum atomic E-state index is 13.0. The van der Waals surface area contributed by atoms with Crippen molar-refractivity contribution in [3.8, 4) is 5.75 Å². The van der Waals surface area contributed by atoms with E-state index in [1.807, 2.05) is 0 Å². The second-order valence-electron chi connectivity index (χ2n) is 5.12. The molecule has 2 N–H and O–H groups in total. The van der Waals surface area contributed by atoms with Crippen LogP contribution < -0.4 is 15.4 Å². The van der Waals surface area contributed by atoms with Gasteiger partial charge in [-0.25, -0.2) is 4.39 Å². The fourth-order valence-corrected chi connectivity index (χ4v) is 2.35. The number of methoxy groups -OCH3 is 1. The molecule has 132 valence electrons. The number of aryl methyl sites for hydroxylation is 1. The maximum absolute atomic E-state index is 13.0. The molecule has 0 atom stereocenters. The van der Waals surface area contributed by atoms with Crippen LogP contribution in [0.15, 0.2) is 30.3 Å². The first-order chi connectivity index (χ1) is 11.8. The van der Waals surface area contributed by atoms with Crippen molar-refractivity contribution in [2.24, 2.45) is 0 Å². The Bertz CT molecular complexity index is 829. The lowest BCUT2D eigenvalue weighted by atomic mass is 10.1. The predicted octanol–water partition coefficient (Wildman–Crippen LogP) is 3.75. The lowest BCUT2D eigenvalue weighted by Crippen LogP contribution is -2.22. The number of benzene rings is 2. The summed E-state index contributed by atoms with van der Waals surface area (Å²) in [5.74, 6) is -0.839. The molecule has 0 aliphatic carbocycles. The minimum Gasteiger partial charge on any atom is -0.490 e. The van der Waals surface area contributed by atoms with Crippen LogP contribution in [0, 0.1) is 22.9 Å². The number of nitro groups is 1. The van der Waals surface area contributed by atoms with Crippen molar-refractivity contribution in [1.29, 1.82) is 0 Å². The van der Waals surface area contributed by atoms with E-state index in [0.717, 1.165) is 6.07 Å². The lowest BCUT2D eigenvalue weighted by Gasteiger charge is -2.12. The zero-order valence-electron chi connectivity index (χ0n) is 13.4. The molecular weight excluding hydrogens is 353 g/mol. The maximum Gasteiger partial charge on any atom is 0.311 e. The van der Waals surface area contributed by atoms with Crippen LogP contribution in [0.1, 0.15) is 5.56 Å². The summed E-state index contributed by atoms with van der Waals surface area (Å²) in [4.78, 5) is 22.5. The fourth-order valence-electron chi connectivity index (χ4n) is 2.12. The first kappa shape index (κ1) is 18.5. The minimum absolute atomic E-state index is 0.0421. The molecule has 0 fully saturated rings. The van der Waals surface area contributed by atoms with Gasteiger partial charge in [-0.05, 0) is 30.7 Å². The van der Waals surface area contributed by atoms with Gasteiger partial charge in [0.05, 0.1) is 29.3 Å². The van der Waals surface area contributed by atoms with Gasteiger partial charge in [0.1, 0.15) is 5.82 Å². The zero-order chi connectivity index (χ0) is 18.6. The molecule has 2 aromatic rings. The normalized spacial score (nSPS) is 10.2. The Morgan fingerprint density at radius 2 is 2.04 bits per heavy atom. The van der Waals surface area contributed by atoms with Crippen molar-refractivity contribution in [1.82, 2.24) is 0 Å². The molecule has 0 saturated heterocycles. The van der Waals surface area contributed by atoms with Gasteiger partial charge in [0.2, 0.25) is 5.91 Å². The van der Waals surface area contributed by atoms with Gasteiger partial charge in [-0.1, -0.05) is 11.6 Å². The number of halogens is 2. The molecule has 9 heteroatoms. The highest BCUT2D eigenvalue weighted by molar-refractivity contribution is 6.33. The summed E-state index contributed by atoms with van der Waals surface area (Å²) in [6.45, 7) is 1.51. The van der Waals surface area contributed by atoms with E-state index in [1.165, 1.54) is 31.4 Å². The Balaban J connectivity index is 2.08. The number of hydrogen-bond donors (Lipinski definition) is 2. The van der Waals surface area contributed by atoms with Crippen LogP contribution in [0.4, 0.5) is 21.5 Å². The molecular formula is C16H15ClFN3O4. The third-order valence-corrected chi connectivity index (χ3v) is 3.68. The molecule has 0 aliphatic heterocycles. The Kier molecular flexibility index (Phi) is 5.76. The van der Waals surface area contributed by atoms with Crippen LogP contribution in [-0.4, -0.2) is 24.5 Å². The molecule has 2 aromatic carbocycles. The number of nitrogens with one attached hydrogen (secondary N) is 2. The van der Waals surface area contributed by atoms with Gasteiger partial charge < -0.3 is 15.4 Å². The smallest absolute Gasteiger partial charge is 0.311 e. The van der Waals surface area contributed by atoms with E-state index in [2.05, 4.69) is 10.6 Å². The van der Waals surface area contributed by atoms with Crippen molar-refractivity contribution >= 4 is 34.6 Å². The summed E-state index contributed by atoms with van der Waals surface area (Å²) in [5, 5.41) is 16.5. The molecule has 2 rings (SSSR count).